The maximum atomic E-state index is 5.89. The van der Waals surface area contributed by atoms with E-state index in [4.69, 9.17) is 9.47 Å². The maximum Gasteiger partial charge on any atom is 0.0641 e. The number of morpholine rings is 1. The van der Waals surface area contributed by atoms with Gasteiger partial charge in [-0.3, -0.25) is 4.90 Å². The van der Waals surface area contributed by atoms with Crippen LogP contribution in [0.5, 0.6) is 0 Å². The monoisotopic (exact) mass is 332 g/mol. The van der Waals surface area contributed by atoms with Gasteiger partial charge in [-0.2, -0.15) is 0 Å². The van der Waals surface area contributed by atoms with E-state index in [1.165, 1.54) is 11.1 Å². The van der Waals surface area contributed by atoms with Crippen molar-refractivity contribution in [2.75, 3.05) is 39.5 Å². The molecule has 2 atom stereocenters. The first-order valence-corrected chi connectivity index (χ1v) is 9.29. The number of hydrogen-bond acceptors (Lipinski definition) is 4. The Hall–Kier alpha value is -0.940. The van der Waals surface area contributed by atoms with E-state index in [1.807, 2.05) is 0 Å². The van der Waals surface area contributed by atoms with Crippen molar-refractivity contribution in [2.24, 2.45) is 0 Å². The van der Waals surface area contributed by atoms with E-state index < -0.39 is 0 Å². The molecule has 0 radical (unpaired) electrons. The van der Waals surface area contributed by atoms with E-state index in [0.717, 1.165) is 52.3 Å². The van der Waals surface area contributed by atoms with E-state index in [-0.39, 0.29) is 5.60 Å². The maximum absolute atomic E-state index is 5.89. The molecule has 2 fully saturated rings. The molecular weight excluding hydrogens is 300 g/mol. The molecule has 2 aliphatic heterocycles. The molecule has 1 aromatic carbocycles. The average Bonchev–Trinajstić information content (AvgIpc) is 2.55. The molecule has 0 aromatic heterocycles. The van der Waals surface area contributed by atoms with Crippen LogP contribution in [0.4, 0.5) is 0 Å². The smallest absolute Gasteiger partial charge is 0.0641 e. The van der Waals surface area contributed by atoms with E-state index >= 15 is 0 Å². The largest absolute Gasteiger partial charge is 0.379 e. The summed E-state index contributed by atoms with van der Waals surface area (Å²) in [6.45, 7) is 12.3. The van der Waals surface area contributed by atoms with Crippen molar-refractivity contribution in [1.29, 1.82) is 0 Å². The van der Waals surface area contributed by atoms with Gasteiger partial charge in [0.15, 0.2) is 0 Å². The van der Waals surface area contributed by atoms with Crippen LogP contribution in [0.15, 0.2) is 24.3 Å². The summed E-state index contributed by atoms with van der Waals surface area (Å²) < 4.78 is 11.4. The van der Waals surface area contributed by atoms with Gasteiger partial charge in [0.2, 0.25) is 0 Å². The molecule has 0 aliphatic carbocycles. The summed E-state index contributed by atoms with van der Waals surface area (Å²) in [4.78, 5) is 2.53. The number of ether oxygens (including phenoxy) is 2. The van der Waals surface area contributed by atoms with Crippen molar-refractivity contribution in [3.63, 3.8) is 0 Å². The van der Waals surface area contributed by atoms with Gasteiger partial charge in [-0.1, -0.05) is 24.3 Å². The van der Waals surface area contributed by atoms with Crippen molar-refractivity contribution in [1.82, 2.24) is 10.2 Å². The molecule has 0 bridgehead atoms. The van der Waals surface area contributed by atoms with Crippen molar-refractivity contribution >= 4 is 0 Å². The lowest BCUT2D eigenvalue weighted by molar-refractivity contribution is -0.0650. The second kappa shape index (κ2) is 7.96. The Bertz CT molecular complexity index is 526. The first-order valence-electron chi connectivity index (χ1n) is 9.29. The van der Waals surface area contributed by atoms with E-state index in [0.29, 0.717) is 12.1 Å². The van der Waals surface area contributed by atoms with Crippen LogP contribution in [-0.2, 0) is 9.47 Å². The van der Waals surface area contributed by atoms with Crippen LogP contribution in [0, 0.1) is 6.92 Å². The van der Waals surface area contributed by atoms with E-state index in [1.54, 1.807) is 0 Å². The summed E-state index contributed by atoms with van der Waals surface area (Å²) >= 11 is 0. The third-order valence-electron chi connectivity index (χ3n) is 5.24. The average molecular weight is 332 g/mol. The van der Waals surface area contributed by atoms with E-state index in [2.05, 4.69) is 55.3 Å². The highest BCUT2D eigenvalue weighted by Crippen LogP contribution is 2.27. The molecule has 1 aromatic rings. The van der Waals surface area contributed by atoms with Gasteiger partial charge < -0.3 is 14.8 Å². The van der Waals surface area contributed by atoms with Crippen LogP contribution in [0.2, 0.25) is 0 Å². The number of rotatable bonds is 5. The fraction of sp³-hybridized carbons (Fsp3) is 0.700. The van der Waals surface area contributed by atoms with Crippen molar-refractivity contribution in [2.45, 2.75) is 51.3 Å². The fourth-order valence-corrected chi connectivity index (χ4v) is 3.92. The van der Waals surface area contributed by atoms with Crippen LogP contribution in [0.25, 0.3) is 0 Å². The molecule has 2 saturated heterocycles. The minimum absolute atomic E-state index is 0.0227. The Morgan fingerprint density at radius 1 is 1.21 bits per heavy atom. The Morgan fingerprint density at radius 2 is 1.96 bits per heavy atom. The Balaban J connectivity index is 1.72. The lowest BCUT2D eigenvalue weighted by Gasteiger charge is -2.39. The fourth-order valence-electron chi connectivity index (χ4n) is 3.92. The molecule has 2 aliphatic rings. The van der Waals surface area contributed by atoms with Crippen LogP contribution in [0.1, 0.15) is 43.9 Å². The topological polar surface area (TPSA) is 33.7 Å². The molecule has 134 valence electrons. The molecule has 3 rings (SSSR count). The van der Waals surface area contributed by atoms with Crippen molar-refractivity contribution < 1.29 is 9.47 Å². The molecule has 4 heteroatoms. The zero-order valence-electron chi connectivity index (χ0n) is 15.4. The minimum Gasteiger partial charge on any atom is -0.379 e. The minimum atomic E-state index is -0.0227. The van der Waals surface area contributed by atoms with Crippen molar-refractivity contribution in [3.05, 3.63) is 35.4 Å². The van der Waals surface area contributed by atoms with Gasteiger partial charge in [-0.05, 0) is 44.7 Å². The van der Waals surface area contributed by atoms with Gasteiger partial charge in [0.05, 0.1) is 18.8 Å². The summed E-state index contributed by atoms with van der Waals surface area (Å²) in [5.41, 5.74) is 2.77. The summed E-state index contributed by atoms with van der Waals surface area (Å²) in [5, 5.41) is 3.95. The van der Waals surface area contributed by atoms with Gasteiger partial charge in [0, 0.05) is 38.3 Å². The molecule has 0 spiro atoms. The molecule has 0 amide bonds. The highest BCUT2D eigenvalue weighted by molar-refractivity contribution is 5.29. The number of nitrogens with zero attached hydrogens (tertiary/aromatic N) is 1. The van der Waals surface area contributed by atoms with Gasteiger partial charge in [-0.25, -0.2) is 0 Å². The molecule has 4 nitrogen and oxygen atoms in total. The van der Waals surface area contributed by atoms with Gasteiger partial charge >= 0.3 is 0 Å². The molecular formula is C20H32N2O2. The second-order valence-corrected chi connectivity index (χ2v) is 7.79. The first kappa shape index (κ1) is 17.9. The van der Waals surface area contributed by atoms with Crippen molar-refractivity contribution in [3.8, 4) is 0 Å². The van der Waals surface area contributed by atoms with E-state index in [9.17, 15) is 0 Å². The third-order valence-corrected chi connectivity index (χ3v) is 5.24. The van der Waals surface area contributed by atoms with Crippen LogP contribution in [0.3, 0.4) is 0 Å². The lowest BCUT2D eigenvalue weighted by atomic mass is 9.92. The number of hydrogen-bond donors (Lipinski definition) is 1. The lowest BCUT2D eigenvalue weighted by Crippen LogP contribution is -2.48. The van der Waals surface area contributed by atoms with Gasteiger partial charge in [0.1, 0.15) is 0 Å². The predicted octanol–water partition coefficient (Wildman–Crippen LogP) is 2.92. The Morgan fingerprint density at radius 3 is 2.67 bits per heavy atom. The summed E-state index contributed by atoms with van der Waals surface area (Å²) in [6.07, 6.45) is 2.16. The SMILES string of the molecule is Cc1ccccc1[C@H](CN1CCOCC1)N[C@@H]1CCOC(C)(C)C1. The predicted molar refractivity (Wildman–Crippen MR) is 97.4 cm³/mol. The molecule has 0 unspecified atom stereocenters. The first-order chi connectivity index (χ1) is 11.5. The number of nitrogens with one attached hydrogen (secondary N) is 1. The second-order valence-electron chi connectivity index (χ2n) is 7.79. The summed E-state index contributed by atoms with van der Waals surface area (Å²) in [5.74, 6) is 0. The van der Waals surface area contributed by atoms with Gasteiger partial charge in [0.25, 0.3) is 0 Å². The Labute approximate surface area is 146 Å². The highest BCUT2D eigenvalue weighted by Gasteiger charge is 2.31. The van der Waals surface area contributed by atoms with Crippen LogP contribution >= 0.6 is 0 Å². The zero-order chi connectivity index (χ0) is 17.0. The number of aryl methyl sites for hydroxylation is 1. The normalized spacial score (nSPS) is 26.2. The summed E-state index contributed by atoms with van der Waals surface area (Å²) in [6, 6.07) is 9.66. The molecule has 0 saturated carbocycles. The van der Waals surface area contributed by atoms with Crippen LogP contribution < -0.4 is 5.32 Å². The number of benzene rings is 1. The summed E-state index contributed by atoms with van der Waals surface area (Å²) in [7, 11) is 0. The quantitative estimate of drug-likeness (QED) is 0.899. The Kier molecular flexibility index (Phi) is 5.93. The highest BCUT2D eigenvalue weighted by atomic mass is 16.5. The standard InChI is InChI=1S/C20H32N2O2/c1-16-6-4-5-7-18(16)19(15-22-9-12-23-13-10-22)21-17-8-11-24-20(2,3)14-17/h4-7,17,19,21H,8-15H2,1-3H3/t17-,19+/m1/s1. The molecule has 1 N–H and O–H groups in total. The third kappa shape index (κ3) is 4.79. The zero-order valence-corrected chi connectivity index (χ0v) is 15.4. The molecule has 2 heterocycles. The van der Waals surface area contributed by atoms with Gasteiger partial charge in [-0.15, -0.1) is 0 Å². The molecule has 24 heavy (non-hydrogen) atoms. The van der Waals surface area contributed by atoms with Crippen LogP contribution in [-0.4, -0.2) is 56.0 Å².